The fourth-order valence-corrected chi connectivity index (χ4v) is 3.41. The SMILES string of the molecule is C[C@H](C(=O)NC(c1ccccc1)c1cccc(C(F)(F)F)c1)c1ccccc1C(N)=O. The van der Waals surface area contributed by atoms with Crippen LogP contribution >= 0.6 is 0 Å². The van der Waals surface area contributed by atoms with E-state index in [1.165, 1.54) is 18.2 Å². The lowest BCUT2D eigenvalue weighted by Gasteiger charge is -2.23. The van der Waals surface area contributed by atoms with Crippen molar-refractivity contribution in [3.63, 3.8) is 0 Å². The Morgan fingerprint density at radius 1 is 0.871 bits per heavy atom. The van der Waals surface area contributed by atoms with E-state index in [1.807, 2.05) is 0 Å². The minimum absolute atomic E-state index is 0.223. The molecule has 2 amide bonds. The van der Waals surface area contributed by atoms with E-state index in [0.29, 0.717) is 16.7 Å². The van der Waals surface area contributed by atoms with Crippen molar-refractivity contribution >= 4 is 11.8 Å². The van der Waals surface area contributed by atoms with Crippen LogP contribution in [0.1, 0.15) is 51.5 Å². The first kappa shape index (κ1) is 22.1. The van der Waals surface area contributed by atoms with Crippen molar-refractivity contribution in [2.24, 2.45) is 5.73 Å². The Hall–Kier alpha value is -3.61. The van der Waals surface area contributed by atoms with Crippen LogP contribution in [0.25, 0.3) is 0 Å². The van der Waals surface area contributed by atoms with Crippen LogP contribution in [-0.4, -0.2) is 11.8 Å². The van der Waals surface area contributed by atoms with E-state index in [0.717, 1.165) is 12.1 Å². The van der Waals surface area contributed by atoms with Crippen molar-refractivity contribution in [2.75, 3.05) is 0 Å². The molecular weight excluding hydrogens is 405 g/mol. The van der Waals surface area contributed by atoms with E-state index in [-0.39, 0.29) is 5.56 Å². The third-order valence-corrected chi connectivity index (χ3v) is 5.05. The number of nitrogens with one attached hydrogen (secondary N) is 1. The van der Waals surface area contributed by atoms with Crippen LogP contribution in [0.2, 0.25) is 0 Å². The summed E-state index contributed by atoms with van der Waals surface area (Å²) in [5, 5.41) is 2.83. The van der Waals surface area contributed by atoms with Gasteiger partial charge in [-0.2, -0.15) is 13.2 Å². The van der Waals surface area contributed by atoms with E-state index < -0.39 is 35.5 Å². The van der Waals surface area contributed by atoms with Crippen LogP contribution in [0.4, 0.5) is 13.2 Å². The molecule has 7 heteroatoms. The Morgan fingerprint density at radius 2 is 1.48 bits per heavy atom. The molecule has 0 saturated carbocycles. The fourth-order valence-electron chi connectivity index (χ4n) is 3.41. The topological polar surface area (TPSA) is 72.2 Å². The molecule has 4 nitrogen and oxygen atoms in total. The number of nitrogens with two attached hydrogens (primary N) is 1. The number of amides is 2. The van der Waals surface area contributed by atoms with Crippen molar-refractivity contribution in [3.8, 4) is 0 Å². The van der Waals surface area contributed by atoms with Gasteiger partial charge in [-0.1, -0.05) is 60.7 Å². The zero-order valence-electron chi connectivity index (χ0n) is 16.7. The molecule has 3 N–H and O–H groups in total. The third-order valence-electron chi connectivity index (χ3n) is 5.05. The molecule has 0 aliphatic heterocycles. The van der Waals surface area contributed by atoms with Gasteiger partial charge >= 0.3 is 6.18 Å². The lowest BCUT2D eigenvalue weighted by Crippen LogP contribution is -2.33. The van der Waals surface area contributed by atoms with Gasteiger partial charge in [0.05, 0.1) is 17.5 Å². The van der Waals surface area contributed by atoms with Crippen molar-refractivity contribution in [2.45, 2.75) is 25.1 Å². The van der Waals surface area contributed by atoms with Gasteiger partial charge in [0.15, 0.2) is 0 Å². The molecule has 0 saturated heterocycles. The second-order valence-electron chi connectivity index (χ2n) is 7.15. The largest absolute Gasteiger partial charge is 0.416 e. The maximum Gasteiger partial charge on any atom is 0.416 e. The highest BCUT2D eigenvalue weighted by molar-refractivity contribution is 5.97. The predicted molar refractivity (Wildman–Crippen MR) is 111 cm³/mol. The minimum Gasteiger partial charge on any atom is -0.366 e. The van der Waals surface area contributed by atoms with Crippen LogP contribution in [-0.2, 0) is 11.0 Å². The molecule has 1 unspecified atom stereocenters. The average Bonchev–Trinajstić information content (AvgIpc) is 2.76. The lowest BCUT2D eigenvalue weighted by molar-refractivity contribution is -0.137. The van der Waals surface area contributed by atoms with Gasteiger partial charge in [-0.05, 0) is 41.8 Å². The number of primary amides is 1. The monoisotopic (exact) mass is 426 g/mol. The molecule has 3 aromatic carbocycles. The van der Waals surface area contributed by atoms with Crippen LogP contribution in [0, 0.1) is 0 Å². The number of carbonyl (C=O) groups excluding carboxylic acids is 2. The molecule has 0 bridgehead atoms. The zero-order chi connectivity index (χ0) is 22.6. The molecule has 0 fully saturated rings. The zero-order valence-corrected chi connectivity index (χ0v) is 16.7. The number of hydrogen-bond acceptors (Lipinski definition) is 2. The van der Waals surface area contributed by atoms with Gasteiger partial charge in [0.1, 0.15) is 0 Å². The molecule has 31 heavy (non-hydrogen) atoms. The lowest BCUT2D eigenvalue weighted by atomic mass is 9.92. The van der Waals surface area contributed by atoms with E-state index in [1.54, 1.807) is 55.5 Å². The number of carbonyl (C=O) groups is 2. The second-order valence-corrected chi connectivity index (χ2v) is 7.15. The highest BCUT2D eigenvalue weighted by Crippen LogP contribution is 2.32. The molecule has 0 aromatic heterocycles. The van der Waals surface area contributed by atoms with Gasteiger partial charge in [0.25, 0.3) is 0 Å². The molecule has 0 aliphatic rings. The maximum atomic E-state index is 13.2. The average molecular weight is 426 g/mol. The summed E-state index contributed by atoms with van der Waals surface area (Å²) in [4.78, 5) is 24.8. The van der Waals surface area contributed by atoms with Crippen molar-refractivity contribution in [1.29, 1.82) is 0 Å². The summed E-state index contributed by atoms with van der Waals surface area (Å²) in [7, 11) is 0. The van der Waals surface area contributed by atoms with Crippen molar-refractivity contribution in [1.82, 2.24) is 5.32 Å². The van der Waals surface area contributed by atoms with Gasteiger partial charge in [-0.25, -0.2) is 0 Å². The Balaban J connectivity index is 1.97. The summed E-state index contributed by atoms with van der Waals surface area (Å²) in [6, 6.07) is 19.3. The first-order valence-electron chi connectivity index (χ1n) is 9.59. The van der Waals surface area contributed by atoms with E-state index in [2.05, 4.69) is 5.32 Å². The van der Waals surface area contributed by atoms with Crippen LogP contribution < -0.4 is 11.1 Å². The maximum absolute atomic E-state index is 13.2. The molecule has 3 aromatic rings. The quantitative estimate of drug-likeness (QED) is 0.594. The Morgan fingerprint density at radius 3 is 2.13 bits per heavy atom. The molecular formula is C24H21F3N2O2. The van der Waals surface area contributed by atoms with Crippen LogP contribution in [0.5, 0.6) is 0 Å². The highest BCUT2D eigenvalue weighted by atomic mass is 19.4. The first-order chi connectivity index (χ1) is 14.7. The number of benzene rings is 3. The van der Waals surface area contributed by atoms with Gasteiger partial charge in [0, 0.05) is 5.56 Å². The van der Waals surface area contributed by atoms with Gasteiger partial charge < -0.3 is 11.1 Å². The Labute approximate surface area is 177 Å². The number of halogens is 3. The summed E-state index contributed by atoms with van der Waals surface area (Å²) >= 11 is 0. The molecule has 0 heterocycles. The molecule has 2 atom stereocenters. The molecule has 0 radical (unpaired) electrons. The molecule has 160 valence electrons. The smallest absolute Gasteiger partial charge is 0.366 e. The van der Waals surface area contributed by atoms with Crippen LogP contribution in [0.15, 0.2) is 78.9 Å². The Bertz CT molecular complexity index is 1080. The van der Waals surface area contributed by atoms with Gasteiger partial charge in [-0.3, -0.25) is 9.59 Å². The normalized spacial score (nSPS) is 13.3. The van der Waals surface area contributed by atoms with Crippen molar-refractivity contribution < 1.29 is 22.8 Å². The summed E-state index contributed by atoms with van der Waals surface area (Å²) in [6.07, 6.45) is -4.50. The molecule has 0 aliphatic carbocycles. The summed E-state index contributed by atoms with van der Waals surface area (Å²) in [6.45, 7) is 1.62. The second kappa shape index (κ2) is 9.04. The third kappa shape index (κ3) is 5.12. The minimum atomic E-state index is -4.50. The number of hydrogen-bond donors (Lipinski definition) is 2. The van der Waals surface area contributed by atoms with Gasteiger partial charge in [0.2, 0.25) is 11.8 Å². The number of alkyl halides is 3. The summed E-state index contributed by atoms with van der Waals surface area (Å²) < 4.78 is 39.7. The van der Waals surface area contributed by atoms with E-state index >= 15 is 0 Å². The molecule has 0 spiro atoms. The predicted octanol–water partition coefficient (Wildman–Crippen LogP) is 4.81. The standard InChI is InChI=1S/C24H21F3N2O2/c1-15(19-12-5-6-13-20(19)22(28)30)23(31)29-21(16-8-3-2-4-9-16)17-10-7-11-18(14-17)24(25,26)27/h2-15,21H,1H3,(H2,28,30)(H,29,31)/t15-,21?/m0/s1. The van der Waals surface area contributed by atoms with E-state index in [4.69, 9.17) is 5.73 Å². The number of rotatable bonds is 6. The first-order valence-corrected chi connectivity index (χ1v) is 9.59. The highest BCUT2D eigenvalue weighted by Gasteiger charge is 2.32. The fraction of sp³-hybridized carbons (Fsp3) is 0.167. The van der Waals surface area contributed by atoms with Gasteiger partial charge in [-0.15, -0.1) is 0 Å². The van der Waals surface area contributed by atoms with Crippen LogP contribution in [0.3, 0.4) is 0 Å². The Kier molecular flexibility index (Phi) is 6.44. The van der Waals surface area contributed by atoms with E-state index in [9.17, 15) is 22.8 Å². The molecule has 3 rings (SSSR count). The summed E-state index contributed by atoms with van der Waals surface area (Å²) in [5.41, 5.74) is 6.21. The summed E-state index contributed by atoms with van der Waals surface area (Å²) in [5.74, 6) is -1.85. The van der Waals surface area contributed by atoms with Crippen molar-refractivity contribution in [3.05, 3.63) is 107 Å².